The van der Waals surface area contributed by atoms with Gasteiger partial charge in [0.25, 0.3) is 5.91 Å². The Morgan fingerprint density at radius 1 is 1.40 bits per heavy atom. The van der Waals surface area contributed by atoms with Crippen LogP contribution >= 0.6 is 0 Å². The van der Waals surface area contributed by atoms with Gasteiger partial charge in [-0.3, -0.25) is 4.79 Å². The molecule has 0 N–H and O–H groups in total. The standard InChI is InChI=1S/C14H21N3O3/c1-10-7-12(15-20-10)14(18)17-4-3-11-8-16(2)5-6-19-13(11)9-17/h7,11,13H,3-6,8-9H2,1-2H3/t11-,13-/m1/s1. The predicted octanol–water partition coefficient (Wildman–Crippen LogP) is 0.776. The lowest BCUT2D eigenvalue weighted by Crippen LogP contribution is -2.49. The van der Waals surface area contributed by atoms with Gasteiger partial charge < -0.3 is 19.1 Å². The number of likely N-dealkylation sites (tertiary alicyclic amines) is 1. The number of nitrogens with zero attached hydrogens (tertiary/aromatic N) is 3. The van der Waals surface area contributed by atoms with Gasteiger partial charge in [0, 0.05) is 38.2 Å². The molecule has 0 radical (unpaired) electrons. The van der Waals surface area contributed by atoms with Gasteiger partial charge in [-0.15, -0.1) is 0 Å². The molecule has 6 heteroatoms. The number of likely N-dealkylation sites (N-methyl/N-ethyl adjacent to an activating group) is 1. The predicted molar refractivity (Wildman–Crippen MR) is 72.5 cm³/mol. The molecule has 110 valence electrons. The summed E-state index contributed by atoms with van der Waals surface area (Å²) in [7, 11) is 2.13. The number of fused-ring (bicyclic) bond motifs is 1. The van der Waals surface area contributed by atoms with Crippen molar-refractivity contribution in [3.05, 3.63) is 17.5 Å². The number of carbonyl (C=O) groups is 1. The summed E-state index contributed by atoms with van der Waals surface area (Å²) in [5, 5.41) is 3.81. The van der Waals surface area contributed by atoms with Crippen molar-refractivity contribution in [2.45, 2.75) is 19.4 Å². The fourth-order valence-electron chi connectivity index (χ4n) is 3.03. The van der Waals surface area contributed by atoms with E-state index in [1.54, 1.807) is 13.0 Å². The first kappa shape index (κ1) is 13.6. The Kier molecular flexibility index (Phi) is 3.76. The van der Waals surface area contributed by atoms with Crippen LogP contribution in [0.5, 0.6) is 0 Å². The minimum atomic E-state index is -0.0542. The molecule has 20 heavy (non-hydrogen) atoms. The Balaban J connectivity index is 1.67. The molecule has 2 atom stereocenters. The molecule has 3 heterocycles. The molecule has 0 spiro atoms. The van der Waals surface area contributed by atoms with Gasteiger partial charge in [0.05, 0.1) is 12.7 Å². The molecule has 3 rings (SSSR count). The Labute approximate surface area is 118 Å². The number of piperidine rings is 1. The van der Waals surface area contributed by atoms with Crippen LogP contribution in [0.1, 0.15) is 22.7 Å². The number of ether oxygens (including phenoxy) is 1. The highest BCUT2D eigenvalue weighted by molar-refractivity contribution is 5.92. The fraction of sp³-hybridized carbons (Fsp3) is 0.714. The minimum Gasteiger partial charge on any atom is -0.375 e. The van der Waals surface area contributed by atoms with E-state index in [1.807, 2.05) is 4.90 Å². The van der Waals surface area contributed by atoms with Crippen LogP contribution < -0.4 is 0 Å². The molecule has 0 saturated carbocycles. The number of aromatic nitrogens is 1. The third kappa shape index (κ3) is 2.71. The van der Waals surface area contributed by atoms with E-state index in [9.17, 15) is 4.79 Å². The molecule has 1 aromatic rings. The van der Waals surface area contributed by atoms with Gasteiger partial charge in [0.1, 0.15) is 5.76 Å². The molecule has 2 fully saturated rings. The lowest BCUT2D eigenvalue weighted by Gasteiger charge is -2.37. The molecule has 6 nitrogen and oxygen atoms in total. The second kappa shape index (κ2) is 5.54. The number of rotatable bonds is 1. The minimum absolute atomic E-state index is 0.0542. The molecule has 0 unspecified atom stereocenters. The van der Waals surface area contributed by atoms with E-state index in [1.165, 1.54) is 0 Å². The highest BCUT2D eigenvalue weighted by Crippen LogP contribution is 2.24. The van der Waals surface area contributed by atoms with Crippen LogP contribution in [0.2, 0.25) is 0 Å². The van der Waals surface area contributed by atoms with E-state index in [0.717, 1.165) is 32.7 Å². The van der Waals surface area contributed by atoms with E-state index < -0.39 is 0 Å². The van der Waals surface area contributed by atoms with E-state index in [-0.39, 0.29) is 12.0 Å². The van der Waals surface area contributed by atoms with Gasteiger partial charge in [0.2, 0.25) is 0 Å². The average Bonchev–Trinajstić information content (AvgIpc) is 2.77. The first-order valence-corrected chi connectivity index (χ1v) is 7.16. The highest BCUT2D eigenvalue weighted by Gasteiger charge is 2.35. The Morgan fingerprint density at radius 2 is 2.25 bits per heavy atom. The third-order valence-electron chi connectivity index (χ3n) is 4.18. The Bertz CT molecular complexity index is 488. The van der Waals surface area contributed by atoms with Crippen molar-refractivity contribution in [1.82, 2.24) is 15.0 Å². The van der Waals surface area contributed by atoms with Gasteiger partial charge in [0.15, 0.2) is 5.69 Å². The van der Waals surface area contributed by atoms with Crippen LogP contribution in [0.15, 0.2) is 10.6 Å². The van der Waals surface area contributed by atoms with Gasteiger partial charge in [-0.2, -0.15) is 0 Å². The van der Waals surface area contributed by atoms with Crippen LogP contribution in [0.3, 0.4) is 0 Å². The second-order valence-corrected chi connectivity index (χ2v) is 5.79. The summed E-state index contributed by atoms with van der Waals surface area (Å²) in [5.41, 5.74) is 0.395. The molecule has 2 aliphatic heterocycles. The summed E-state index contributed by atoms with van der Waals surface area (Å²) in [5.74, 6) is 1.13. The van der Waals surface area contributed by atoms with Crippen molar-refractivity contribution in [2.24, 2.45) is 5.92 Å². The van der Waals surface area contributed by atoms with Gasteiger partial charge >= 0.3 is 0 Å². The van der Waals surface area contributed by atoms with Gasteiger partial charge in [-0.25, -0.2) is 0 Å². The number of aryl methyl sites for hydroxylation is 1. The van der Waals surface area contributed by atoms with Crippen molar-refractivity contribution >= 4 is 5.91 Å². The average molecular weight is 279 g/mol. The first-order valence-electron chi connectivity index (χ1n) is 7.16. The van der Waals surface area contributed by atoms with E-state index in [0.29, 0.717) is 23.9 Å². The molecule has 1 aromatic heterocycles. The molecule has 2 saturated heterocycles. The summed E-state index contributed by atoms with van der Waals surface area (Å²) in [4.78, 5) is 16.5. The maximum Gasteiger partial charge on any atom is 0.276 e. The van der Waals surface area contributed by atoms with Crippen LogP contribution in [0.25, 0.3) is 0 Å². The van der Waals surface area contributed by atoms with Crippen LogP contribution in [0, 0.1) is 12.8 Å². The zero-order valence-electron chi connectivity index (χ0n) is 12.0. The third-order valence-corrected chi connectivity index (χ3v) is 4.18. The topological polar surface area (TPSA) is 58.8 Å². The normalized spacial score (nSPS) is 28.0. The first-order chi connectivity index (χ1) is 9.63. The van der Waals surface area contributed by atoms with Gasteiger partial charge in [-0.1, -0.05) is 5.16 Å². The van der Waals surface area contributed by atoms with Crippen molar-refractivity contribution in [1.29, 1.82) is 0 Å². The quantitative estimate of drug-likeness (QED) is 0.760. The Hall–Kier alpha value is -1.40. The van der Waals surface area contributed by atoms with Crippen molar-refractivity contribution in [3.63, 3.8) is 0 Å². The number of hydrogen-bond donors (Lipinski definition) is 0. The molecule has 0 aromatic carbocycles. The summed E-state index contributed by atoms with van der Waals surface area (Å²) >= 11 is 0. The number of carbonyl (C=O) groups excluding carboxylic acids is 1. The maximum atomic E-state index is 12.4. The van der Waals surface area contributed by atoms with Crippen LogP contribution in [0.4, 0.5) is 0 Å². The SMILES string of the molecule is Cc1cc(C(=O)N2CC[C@@H]3CN(C)CCO[C@@H]3C2)no1. The summed E-state index contributed by atoms with van der Waals surface area (Å²) in [6, 6.07) is 1.69. The van der Waals surface area contributed by atoms with E-state index in [2.05, 4.69) is 17.1 Å². The lowest BCUT2D eigenvalue weighted by atomic mass is 9.93. The van der Waals surface area contributed by atoms with E-state index in [4.69, 9.17) is 9.26 Å². The van der Waals surface area contributed by atoms with Crippen molar-refractivity contribution in [3.8, 4) is 0 Å². The molecular weight excluding hydrogens is 258 g/mol. The fourth-order valence-corrected chi connectivity index (χ4v) is 3.03. The summed E-state index contributed by atoms with van der Waals surface area (Å²) < 4.78 is 10.9. The summed E-state index contributed by atoms with van der Waals surface area (Å²) in [6.07, 6.45) is 1.13. The van der Waals surface area contributed by atoms with Gasteiger partial charge in [-0.05, 0) is 20.4 Å². The van der Waals surface area contributed by atoms with E-state index >= 15 is 0 Å². The number of amides is 1. The van der Waals surface area contributed by atoms with Crippen molar-refractivity contribution < 1.29 is 14.1 Å². The molecule has 0 bridgehead atoms. The molecule has 1 amide bonds. The maximum absolute atomic E-state index is 12.4. The highest BCUT2D eigenvalue weighted by atomic mass is 16.5. The molecule has 2 aliphatic rings. The Morgan fingerprint density at radius 3 is 3.00 bits per heavy atom. The zero-order valence-corrected chi connectivity index (χ0v) is 12.0. The largest absolute Gasteiger partial charge is 0.375 e. The molecule has 0 aliphatic carbocycles. The monoisotopic (exact) mass is 279 g/mol. The smallest absolute Gasteiger partial charge is 0.276 e. The van der Waals surface area contributed by atoms with Crippen LogP contribution in [-0.2, 0) is 4.74 Å². The van der Waals surface area contributed by atoms with Crippen molar-refractivity contribution in [2.75, 3.05) is 39.8 Å². The molecular formula is C14H21N3O3. The lowest BCUT2D eigenvalue weighted by molar-refractivity contribution is -0.0173. The summed E-state index contributed by atoms with van der Waals surface area (Å²) in [6.45, 7) is 5.97. The zero-order chi connectivity index (χ0) is 14.1. The van der Waals surface area contributed by atoms with Crippen LogP contribution in [-0.4, -0.2) is 66.8 Å². The number of hydrogen-bond acceptors (Lipinski definition) is 5. The second-order valence-electron chi connectivity index (χ2n) is 5.79.